The normalized spacial score (nSPS) is 10.8. The fourth-order valence-corrected chi connectivity index (χ4v) is 2.56. The maximum Gasteiger partial charge on any atom is 0.227 e. The molecule has 8 heteroatoms. The van der Waals surface area contributed by atoms with Gasteiger partial charge in [-0.25, -0.2) is 0 Å². The van der Waals surface area contributed by atoms with Crippen LogP contribution in [0.5, 0.6) is 0 Å². The molecular formula is C13H15ClN4O2S. The highest BCUT2D eigenvalue weighted by molar-refractivity contribution is 7.99. The van der Waals surface area contributed by atoms with Crippen LogP contribution in [0.15, 0.2) is 29.4 Å². The van der Waals surface area contributed by atoms with E-state index in [1.807, 2.05) is 16.7 Å². The predicted molar refractivity (Wildman–Crippen MR) is 82.3 cm³/mol. The zero-order valence-corrected chi connectivity index (χ0v) is 13.0. The van der Waals surface area contributed by atoms with Crippen LogP contribution in [0.2, 0.25) is 5.02 Å². The van der Waals surface area contributed by atoms with E-state index in [-0.39, 0.29) is 5.75 Å². The molecule has 0 aliphatic rings. The quantitative estimate of drug-likeness (QED) is 0.785. The van der Waals surface area contributed by atoms with Gasteiger partial charge in [-0.05, 0) is 24.3 Å². The number of hydrogen-bond acceptors (Lipinski definition) is 5. The Morgan fingerprint density at radius 3 is 2.71 bits per heavy atom. The Labute approximate surface area is 131 Å². The van der Waals surface area contributed by atoms with Crippen molar-refractivity contribution in [2.24, 2.45) is 5.73 Å². The number of nitrogens with zero attached hydrogens (tertiary/aromatic N) is 3. The first-order chi connectivity index (χ1) is 10.1. The molecule has 21 heavy (non-hydrogen) atoms. The number of rotatable bonds is 7. The second-order valence-electron chi connectivity index (χ2n) is 4.21. The van der Waals surface area contributed by atoms with Crippen molar-refractivity contribution in [3.8, 4) is 11.4 Å². The van der Waals surface area contributed by atoms with Crippen LogP contribution in [0.1, 0.15) is 0 Å². The van der Waals surface area contributed by atoms with Gasteiger partial charge in [0.25, 0.3) is 0 Å². The van der Waals surface area contributed by atoms with Crippen LogP contribution in [-0.2, 0) is 16.1 Å². The van der Waals surface area contributed by atoms with Crippen molar-refractivity contribution in [2.45, 2.75) is 11.7 Å². The fraction of sp³-hybridized carbons (Fsp3) is 0.308. The highest BCUT2D eigenvalue weighted by atomic mass is 35.5. The van der Waals surface area contributed by atoms with Crippen molar-refractivity contribution in [1.82, 2.24) is 14.8 Å². The number of hydrogen-bond donors (Lipinski definition) is 1. The summed E-state index contributed by atoms with van der Waals surface area (Å²) in [5.41, 5.74) is 6.07. The molecule has 0 atom stereocenters. The third-order valence-electron chi connectivity index (χ3n) is 2.68. The number of ether oxygens (including phenoxy) is 1. The maximum atomic E-state index is 10.9. The molecule has 1 heterocycles. The third kappa shape index (κ3) is 4.20. The molecule has 112 valence electrons. The topological polar surface area (TPSA) is 83.0 Å². The monoisotopic (exact) mass is 326 g/mol. The Morgan fingerprint density at radius 1 is 1.38 bits per heavy atom. The summed E-state index contributed by atoms with van der Waals surface area (Å²) in [5, 5.41) is 9.60. The molecule has 2 aromatic rings. The molecule has 0 radical (unpaired) electrons. The van der Waals surface area contributed by atoms with Crippen molar-refractivity contribution in [3.05, 3.63) is 29.3 Å². The number of thioether (sulfide) groups is 1. The van der Waals surface area contributed by atoms with Gasteiger partial charge in [0.2, 0.25) is 5.91 Å². The van der Waals surface area contributed by atoms with E-state index in [1.165, 1.54) is 11.8 Å². The minimum absolute atomic E-state index is 0.158. The lowest BCUT2D eigenvalue weighted by Gasteiger charge is -2.09. The van der Waals surface area contributed by atoms with Crippen molar-refractivity contribution < 1.29 is 9.53 Å². The number of primary amides is 1. The molecule has 0 unspecified atom stereocenters. The molecule has 0 spiro atoms. The molecule has 0 saturated heterocycles. The lowest BCUT2D eigenvalue weighted by atomic mass is 10.2. The summed E-state index contributed by atoms with van der Waals surface area (Å²) in [5.74, 6) is 0.469. The van der Waals surface area contributed by atoms with E-state index in [9.17, 15) is 4.79 Å². The highest BCUT2D eigenvalue weighted by Crippen LogP contribution is 2.24. The lowest BCUT2D eigenvalue weighted by molar-refractivity contribution is -0.115. The van der Waals surface area contributed by atoms with Crippen LogP contribution >= 0.6 is 23.4 Å². The largest absolute Gasteiger partial charge is 0.383 e. The average Bonchev–Trinajstić information content (AvgIpc) is 2.86. The fourth-order valence-electron chi connectivity index (χ4n) is 1.73. The first-order valence-corrected chi connectivity index (χ1v) is 7.57. The number of amides is 1. The van der Waals surface area contributed by atoms with E-state index >= 15 is 0 Å². The number of halogens is 1. The Kier molecular flexibility index (Phi) is 5.60. The molecule has 1 aromatic carbocycles. The Bertz CT molecular complexity index is 615. The van der Waals surface area contributed by atoms with Crippen LogP contribution in [-0.4, -0.2) is 40.1 Å². The number of nitrogens with two attached hydrogens (primary N) is 1. The van der Waals surface area contributed by atoms with Crippen LogP contribution < -0.4 is 5.73 Å². The number of aromatic nitrogens is 3. The number of methoxy groups -OCH3 is 1. The molecular weight excluding hydrogens is 312 g/mol. The van der Waals surface area contributed by atoms with Crippen molar-refractivity contribution in [1.29, 1.82) is 0 Å². The maximum absolute atomic E-state index is 10.9. The standard InChI is InChI=1S/C13H15ClN4O2S/c1-20-7-6-18-12(9-2-4-10(14)5-3-9)16-17-13(18)21-8-11(15)19/h2-5H,6-8H2,1H3,(H2,15,19). The summed E-state index contributed by atoms with van der Waals surface area (Å²) in [6.07, 6.45) is 0. The molecule has 0 saturated carbocycles. The van der Waals surface area contributed by atoms with E-state index in [0.717, 1.165) is 5.56 Å². The SMILES string of the molecule is COCCn1c(SCC(N)=O)nnc1-c1ccc(Cl)cc1. The molecule has 0 fully saturated rings. The number of carbonyl (C=O) groups excluding carboxylic acids is 1. The van der Waals surface area contributed by atoms with Crippen LogP contribution in [0.3, 0.4) is 0 Å². The zero-order valence-electron chi connectivity index (χ0n) is 11.5. The first kappa shape index (κ1) is 15.8. The van der Waals surface area contributed by atoms with Gasteiger partial charge in [-0.2, -0.15) is 0 Å². The van der Waals surface area contributed by atoms with Gasteiger partial charge in [-0.3, -0.25) is 9.36 Å². The molecule has 1 amide bonds. The molecule has 1 aromatic heterocycles. The Balaban J connectivity index is 2.31. The third-order valence-corrected chi connectivity index (χ3v) is 3.92. The number of carbonyl (C=O) groups is 1. The first-order valence-electron chi connectivity index (χ1n) is 6.21. The van der Waals surface area contributed by atoms with Gasteiger partial charge >= 0.3 is 0 Å². The molecule has 2 rings (SSSR count). The van der Waals surface area contributed by atoms with Crippen molar-refractivity contribution in [2.75, 3.05) is 19.5 Å². The molecule has 0 bridgehead atoms. The van der Waals surface area contributed by atoms with Gasteiger partial charge in [0.05, 0.1) is 18.9 Å². The van der Waals surface area contributed by atoms with Gasteiger partial charge in [0, 0.05) is 17.7 Å². The van der Waals surface area contributed by atoms with E-state index in [0.29, 0.717) is 29.2 Å². The lowest BCUT2D eigenvalue weighted by Crippen LogP contribution is -2.14. The summed E-state index contributed by atoms with van der Waals surface area (Å²) in [6.45, 7) is 1.10. The zero-order chi connectivity index (χ0) is 15.2. The second kappa shape index (κ2) is 7.44. The van der Waals surface area contributed by atoms with Gasteiger partial charge in [-0.1, -0.05) is 23.4 Å². The van der Waals surface area contributed by atoms with E-state index in [4.69, 9.17) is 22.1 Å². The van der Waals surface area contributed by atoms with Crippen molar-refractivity contribution >= 4 is 29.3 Å². The minimum Gasteiger partial charge on any atom is -0.383 e. The van der Waals surface area contributed by atoms with Gasteiger partial charge in [-0.15, -0.1) is 10.2 Å². The minimum atomic E-state index is -0.394. The molecule has 2 N–H and O–H groups in total. The van der Waals surface area contributed by atoms with Gasteiger partial charge in [0.15, 0.2) is 11.0 Å². The second-order valence-corrected chi connectivity index (χ2v) is 5.59. The summed E-state index contributed by atoms with van der Waals surface area (Å²) in [6, 6.07) is 7.33. The summed E-state index contributed by atoms with van der Waals surface area (Å²) in [4.78, 5) is 10.9. The van der Waals surface area contributed by atoms with E-state index in [2.05, 4.69) is 10.2 Å². The average molecular weight is 327 g/mol. The molecule has 6 nitrogen and oxygen atoms in total. The summed E-state index contributed by atoms with van der Waals surface area (Å²) < 4.78 is 7.01. The van der Waals surface area contributed by atoms with Crippen molar-refractivity contribution in [3.63, 3.8) is 0 Å². The smallest absolute Gasteiger partial charge is 0.227 e. The van der Waals surface area contributed by atoms with Crippen LogP contribution in [0.25, 0.3) is 11.4 Å². The highest BCUT2D eigenvalue weighted by Gasteiger charge is 2.14. The molecule has 0 aliphatic heterocycles. The Morgan fingerprint density at radius 2 is 2.10 bits per heavy atom. The van der Waals surface area contributed by atoms with Gasteiger partial charge in [0.1, 0.15) is 0 Å². The van der Waals surface area contributed by atoms with E-state index in [1.54, 1.807) is 19.2 Å². The summed E-state index contributed by atoms with van der Waals surface area (Å²) >= 11 is 7.15. The van der Waals surface area contributed by atoms with Crippen LogP contribution in [0, 0.1) is 0 Å². The van der Waals surface area contributed by atoms with Crippen LogP contribution in [0.4, 0.5) is 0 Å². The van der Waals surface area contributed by atoms with Gasteiger partial charge < -0.3 is 10.5 Å². The number of benzene rings is 1. The summed E-state index contributed by atoms with van der Waals surface area (Å²) in [7, 11) is 1.63. The Hall–Kier alpha value is -1.57. The predicted octanol–water partition coefficient (Wildman–Crippen LogP) is 1.82. The van der Waals surface area contributed by atoms with E-state index < -0.39 is 5.91 Å². The molecule has 0 aliphatic carbocycles.